The minimum atomic E-state index is -2.03. The molecule has 2 nitrogen and oxygen atoms in total. The van der Waals surface area contributed by atoms with Gasteiger partial charge >= 0.3 is 8.56 Å². The van der Waals surface area contributed by atoms with Crippen LogP contribution in [0.3, 0.4) is 0 Å². The molecule has 88 valence electrons. The Morgan fingerprint density at radius 2 is 2.12 bits per heavy atom. The molecule has 0 aromatic heterocycles. The van der Waals surface area contributed by atoms with Crippen LogP contribution in [0.1, 0.15) is 19.4 Å². The van der Waals surface area contributed by atoms with Gasteiger partial charge in [0.25, 0.3) is 0 Å². The summed E-state index contributed by atoms with van der Waals surface area (Å²) in [4.78, 5) is 0. The first-order valence-corrected chi connectivity index (χ1v) is 8.21. The van der Waals surface area contributed by atoms with Gasteiger partial charge in [-0.25, -0.2) is 0 Å². The first-order valence-electron chi connectivity index (χ1n) is 5.69. The zero-order valence-corrected chi connectivity index (χ0v) is 11.3. The number of hydrogen-bond donors (Lipinski definition) is 0. The lowest BCUT2D eigenvalue weighted by Gasteiger charge is -2.26. The summed E-state index contributed by atoms with van der Waals surface area (Å²) in [6.45, 7) is 10.7. The molecule has 3 heteroatoms. The van der Waals surface area contributed by atoms with E-state index in [0.29, 0.717) is 6.61 Å². The van der Waals surface area contributed by atoms with E-state index in [4.69, 9.17) is 8.85 Å². The molecule has 16 heavy (non-hydrogen) atoms. The van der Waals surface area contributed by atoms with Crippen molar-refractivity contribution < 1.29 is 8.85 Å². The van der Waals surface area contributed by atoms with Crippen molar-refractivity contribution in [3.63, 3.8) is 0 Å². The van der Waals surface area contributed by atoms with Crippen molar-refractivity contribution in [1.29, 1.82) is 0 Å². The second kappa shape index (κ2) is 5.87. The summed E-state index contributed by atoms with van der Waals surface area (Å²) < 4.78 is 11.7. The fraction of sp³-hybridized carbons (Fsp3) is 0.385. The van der Waals surface area contributed by atoms with E-state index < -0.39 is 8.56 Å². The van der Waals surface area contributed by atoms with E-state index in [1.165, 1.54) is 0 Å². The van der Waals surface area contributed by atoms with Crippen LogP contribution in [0.15, 0.2) is 30.8 Å². The molecule has 0 bridgehead atoms. The zero-order chi connectivity index (χ0) is 12.0. The number of hydrogen-bond acceptors (Lipinski definition) is 2. The first kappa shape index (κ1) is 13.0. The summed E-state index contributed by atoms with van der Waals surface area (Å²) in [7, 11) is -2.03. The molecule has 0 spiro atoms. The molecule has 0 aliphatic rings. The lowest BCUT2D eigenvalue weighted by atomic mass is 10.2. The standard InChI is InChI=1S/C13H20O2Si/c1-5-12-9-8-10-13(11-12)15-16(4,7-3)14-6-2/h5,8-11H,1,6-7H2,2-4H3. The second-order valence-electron chi connectivity index (χ2n) is 3.80. The Hall–Kier alpha value is -1.06. The summed E-state index contributed by atoms with van der Waals surface area (Å²) in [6.07, 6.45) is 1.82. The third-order valence-electron chi connectivity index (χ3n) is 2.52. The molecule has 0 aliphatic carbocycles. The average molecular weight is 236 g/mol. The number of benzene rings is 1. The summed E-state index contributed by atoms with van der Waals surface area (Å²) in [5.41, 5.74) is 1.07. The van der Waals surface area contributed by atoms with Gasteiger partial charge in [0.2, 0.25) is 0 Å². The van der Waals surface area contributed by atoms with Gasteiger partial charge in [-0.1, -0.05) is 31.7 Å². The topological polar surface area (TPSA) is 18.5 Å². The van der Waals surface area contributed by atoms with E-state index in [2.05, 4.69) is 20.0 Å². The highest BCUT2D eigenvalue weighted by molar-refractivity contribution is 6.66. The molecule has 1 aromatic rings. The Bertz CT molecular complexity index is 352. The minimum absolute atomic E-state index is 0.706. The van der Waals surface area contributed by atoms with Gasteiger partial charge in [-0.15, -0.1) is 0 Å². The maximum Gasteiger partial charge on any atom is 0.395 e. The molecule has 0 heterocycles. The molecule has 1 rings (SSSR count). The molecule has 0 radical (unpaired) electrons. The van der Waals surface area contributed by atoms with Gasteiger partial charge < -0.3 is 8.85 Å². The maximum atomic E-state index is 6.00. The van der Waals surface area contributed by atoms with E-state index in [-0.39, 0.29) is 0 Å². The summed E-state index contributed by atoms with van der Waals surface area (Å²) >= 11 is 0. The predicted molar refractivity (Wildman–Crippen MR) is 70.9 cm³/mol. The van der Waals surface area contributed by atoms with Crippen molar-refractivity contribution in [1.82, 2.24) is 0 Å². The highest BCUT2D eigenvalue weighted by atomic mass is 28.4. The zero-order valence-electron chi connectivity index (χ0n) is 10.3. The van der Waals surface area contributed by atoms with Crippen LogP contribution in [0, 0.1) is 0 Å². The van der Waals surface area contributed by atoms with E-state index in [1.807, 2.05) is 37.3 Å². The summed E-state index contributed by atoms with van der Waals surface area (Å²) in [6, 6.07) is 8.88. The number of rotatable bonds is 6. The smallest absolute Gasteiger partial charge is 0.395 e. The van der Waals surface area contributed by atoms with E-state index in [0.717, 1.165) is 17.4 Å². The van der Waals surface area contributed by atoms with Crippen molar-refractivity contribution >= 4 is 14.6 Å². The van der Waals surface area contributed by atoms with E-state index in [9.17, 15) is 0 Å². The van der Waals surface area contributed by atoms with Crippen LogP contribution in [0.2, 0.25) is 12.6 Å². The van der Waals surface area contributed by atoms with Crippen LogP contribution in [-0.2, 0) is 4.43 Å². The van der Waals surface area contributed by atoms with Crippen molar-refractivity contribution in [2.45, 2.75) is 26.4 Å². The third-order valence-corrected chi connectivity index (χ3v) is 5.37. The quantitative estimate of drug-likeness (QED) is 0.699. The fourth-order valence-electron chi connectivity index (χ4n) is 1.46. The molecular formula is C13H20O2Si. The maximum absolute atomic E-state index is 6.00. The first-order chi connectivity index (χ1) is 7.63. The molecule has 0 saturated carbocycles. The Balaban J connectivity index is 2.80. The van der Waals surface area contributed by atoms with Crippen LogP contribution < -0.4 is 4.43 Å². The lowest BCUT2D eigenvalue weighted by molar-refractivity contribution is 0.258. The molecule has 0 saturated heterocycles. The predicted octanol–water partition coefficient (Wildman–Crippen LogP) is 3.84. The molecule has 0 amide bonds. The Morgan fingerprint density at radius 1 is 1.38 bits per heavy atom. The summed E-state index contributed by atoms with van der Waals surface area (Å²) in [5.74, 6) is 0.877. The van der Waals surface area contributed by atoms with Crippen molar-refractivity contribution in [2.75, 3.05) is 6.61 Å². The third kappa shape index (κ3) is 3.50. The van der Waals surface area contributed by atoms with Crippen molar-refractivity contribution in [3.8, 4) is 5.75 Å². The minimum Gasteiger partial charge on any atom is -0.520 e. The molecular weight excluding hydrogens is 216 g/mol. The monoisotopic (exact) mass is 236 g/mol. The molecule has 0 aliphatic heterocycles. The highest BCUT2D eigenvalue weighted by Gasteiger charge is 2.30. The highest BCUT2D eigenvalue weighted by Crippen LogP contribution is 2.21. The largest absolute Gasteiger partial charge is 0.520 e. The second-order valence-corrected chi connectivity index (χ2v) is 7.27. The van der Waals surface area contributed by atoms with Crippen molar-refractivity contribution in [3.05, 3.63) is 36.4 Å². The van der Waals surface area contributed by atoms with E-state index in [1.54, 1.807) is 0 Å². The molecule has 1 unspecified atom stereocenters. The molecule has 1 atom stereocenters. The molecule has 0 fully saturated rings. The van der Waals surface area contributed by atoms with Gasteiger partial charge in [-0.05, 0) is 37.2 Å². The normalized spacial score (nSPS) is 14.2. The van der Waals surface area contributed by atoms with Gasteiger partial charge in [0.15, 0.2) is 0 Å². The van der Waals surface area contributed by atoms with Gasteiger partial charge in [-0.3, -0.25) is 0 Å². The van der Waals surface area contributed by atoms with Crippen LogP contribution in [0.4, 0.5) is 0 Å². The summed E-state index contributed by atoms with van der Waals surface area (Å²) in [5, 5.41) is 0. The van der Waals surface area contributed by atoms with Gasteiger partial charge in [0, 0.05) is 6.61 Å². The van der Waals surface area contributed by atoms with Gasteiger partial charge in [0.1, 0.15) is 5.75 Å². The SMILES string of the molecule is C=Cc1cccc(O[Si](C)(CC)OCC)c1. The van der Waals surface area contributed by atoms with Crippen LogP contribution in [0.25, 0.3) is 6.08 Å². The molecule has 0 N–H and O–H groups in total. The van der Waals surface area contributed by atoms with Crippen LogP contribution in [-0.4, -0.2) is 15.2 Å². The fourth-order valence-corrected chi connectivity index (χ4v) is 3.11. The van der Waals surface area contributed by atoms with Gasteiger partial charge in [0.05, 0.1) is 0 Å². The van der Waals surface area contributed by atoms with Gasteiger partial charge in [-0.2, -0.15) is 0 Å². The van der Waals surface area contributed by atoms with E-state index >= 15 is 0 Å². The van der Waals surface area contributed by atoms with Crippen LogP contribution >= 0.6 is 0 Å². The lowest BCUT2D eigenvalue weighted by Crippen LogP contribution is -2.41. The Labute approximate surface area is 99.2 Å². The Morgan fingerprint density at radius 3 is 2.69 bits per heavy atom. The van der Waals surface area contributed by atoms with Crippen molar-refractivity contribution in [2.24, 2.45) is 0 Å². The Kier molecular flexibility index (Phi) is 4.77. The van der Waals surface area contributed by atoms with Crippen LogP contribution in [0.5, 0.6) is 5.75 Å². The average Bonchev–Trinajstić information content (AvgIpc) is 2.29. The molecule has 1 aromatic carbocycles.